The summed E-state index contributed by atoms with van der Waals surface area (Å²) in [5, 5.41) is 17.6. The number of carbonyl (C=O) groups is 1. The van der Waals surface area contributed by atoms with Crippen molar-refractivity contribution < 1.29 is 9.90 Å². The van der Waals surface area contributed by atoms with Crippen LogP contribution in [-0.4, -0.2) is 17.3 Å². The van der Waals surface area contributed by atoms with Gasteiger partial charge in [0, 0.05) is 0 Å². The Hall–Kier alpha value is -0.950. The van der Waals surface area contributed by atoms with E-state index in [0.717, 1.165) is 0 Å². The van der Waals surface area contributed by atoms with Gasteiger partial charge in [-0.15, -0.1) is 11.8 Å². The first-order valence-electron chi connectivity index (χ1n) is 4.34. The Morgan fingerprint density at radius 3 is 2.50 bits per heavy atom. The Kier molecular flexibility index (Phi) is 2.91. The number of thioether (sulfide) groups is 1. The highest BCUT2D eigenvalue weighted by atomic mass is 32.2. The quantitative estimate of drug-likeness (QED) is 0.726. The van der Waals surface area contributed by atoms with Crippen LogP contribution in [0.3, 0.4) is 0 Å². The molecule has 0 aliphatic heterocycles. The number of allylic oxidation sites excluding steroid dienone is 2. The van der Waals surface area contributed by atoms with E-state index in [-0.39, 0.29) is 17.3 Å². The Balaban J connectivity index is 2.80. The summed E-state index contributed by atoms with van der Waals surface area (Å²) in [6, 6.07) is 2.05. The van der Waals surface area contributed by atoms with E-state index < -0.39 is 5.97 Å². The van der Waals surface area contributed by atoms with Crippen LogP contribution in [0.1, 0.15) is 13.8 Å². The van der Waals surface area contributed by atoms with Crippen LogP contribution in [0, 0.1) is 28.6 Å². The van der Waals surface area contributed by atoms with Gasteiger partial charge in [0.05, 0.1) is 10.8 Å². The van der Waals surface area contributed by atoms with Gasteiger partial charge in [0.15, 0.2) is 0 Å². The van der Waals surface area contributed by atoms with Crippen molar-refractivity contribution in [2.45, 2.75) is 13.8 Å². The lowest BCUT2D eigenvalue weighted by Gasteiger charge is -1.97. The number of hydrogen-bond acceptors (Lipinski definition) is 3. The molecule has 0 bridgehead atoms. The number of aliphatic carboxylic acids is 1. The highest BCUT2D eigenvalue weighted by Gasteiger charge is 2.61. The highest BCUT2D eigenvalue weighted by molar-refractivity contribution is 8.02. The Bertz CT molecular complexity index is 328. The molecule has 0 aromatic heterocycles. The number of hydrogen-bond donors (Lipinski definition) is 1. The van der Waals surface area contributed by atoms with Gasteiger partial charge in [-0.2, -0.15) is 5.26 Å². The molecule has 1 fully saturated rings. The maximum Gasteiger partial charge on any atom is 0.307 e. The number of rotatable bonds is 3. The minimum Gasteiger partial charge on any atom is -0.481 e. The standard InChI is InChI=1S/C10H13NO2S/c1-10(2)7(8(10)9(12)13)4-6(5-11)14-3/h4,7-8H,1-3H3,(H,12,13). The molecule has 14 heavy (non-hydrogen) atoms. The summed E-state index contributed by atoms with van der Waals surface area (Å²) in [5.74, 6) is -1.10. The zero-order valence-electron chi connectivity index (χ0n) is 8.44. The maximum atomic E-state index is 10.8. The van der Waals surface area contributed by atoms with E-state index in [0.29, 0.717) is 4.91 Å². The van der Waals surface area contributed by atoms with Crippen LogP contribution in [-0.2, 0) is 4.79 Å². The molecule has 1 saturated carbocycles. The molecule has 1 N–H and O–H groups in total. The lowest BCUT2D eigenvalue weighted by molar-refractivity contribution is -0.139. The Morgan fingerprint density at radius 1 is 1.64 bits per heavy atom. The first kappa shape index (κ1) is 11.1. The van der Waals surface area contributed by atoms with Crippen molar-refractivity contribution in [1.82, 2.24) is 0 Å². The molecule has 0 heterocycles. The second kappa shape index (κ2) is 3.66. The minimum absolute atomic E-state index is 0.00194. The predicted octanol–water partition coefficient (Wildman–Crippen LogP) is 2.11. The monoisotopic (exact) mass is 211 g/mol. The maximum absolute atomic E-state index is 10.8. The first-order valence-corrected chi connectivity index (χ1v) is 5.56. The molecule has 3 nitrogen and oxygen atoms in total. The van der Waals surface area contributed by atoms with Crippen molar-refractivity contribution in [3.8, 4) is 6.07 Å². The van der Waals surface area contributed by atoms with Crippen molar-refractivity contribution >= 4 is 17.7 Å². The summed E-state index contributed by atoms with van der Waals surface area (Å²) in [4.78, 5) is 11.4. The van der Waals surface area contributed by atoms with Crippen LogP contribution in [0.15, 0.2) is 11.0 Å². The van der Waals surface area contributed by atoms with Gasteiger partial charge >= 0.3 is 5.97 Å². The molecule has 0 amide bonds. The fraction of sp³-hybridized carbons (Fsp3) is 0.600. The molecule has 0 spiro atoms. The van der Waals surface area contributed by atoms with Crippen LogP contribution >= 0.6 is 11.8 Å². The first-order chi connectivity index (χ1) is 6.45. The van der Waals surface area contributed by atoms with E-state index >= 15 is 0 Å². The van der Waals surface area contributed by atoms with Gasteiger partial charge in [-0.1, -0.05) is 19.9 Å². The number of carboxylic acids is 1. The van der Waals surface area contributed by atoms with Gasteiger partial charge in [0.2, 0.25) is 0 Å². The van der Waals surface area contributed by atoms with Crippen LogP contribution < -0.4 is 0 Å². The van der Waals surface area contributed by atoms with Crippen molar-refractivity contribution in [2.24, 2.45) is 17.3 Å². The van der Waals surface area contributed by atoms with Gasteiger partial charge in [0.1, 0.15) is 6.07 Å². The van der Waals surface area contributed by atoms with E-state index in [4.69, 9.17) is 10.4 Å². The average molecular weight is 211 g/mol. The second-order valence-corrected chi connectivity index (χ2v) is 4.86. The summed E-state index contributed by atoms with van der Waals surface area (Å²) in [6.45, 7) is 3.84. The van der Waals surface area contributed by atoms with Gasteiger partial charge in [-0.25, -0.2) is 0 Å². The SMILES string of the molecule is CSC(C#N)=CC1C(C(=O)O)C1(C)C. The van der Waals surface area contributed by atoms with Crippen molar-refractivity contribution in [3.63, 3.8) is 0 Å². The topological polar surface area (TPSA) is 61.1 Å². The number of nitrogens with zero attached hydrogens (tertiary/aromatic N) is 1. The van der Waals surface area contributed by atoms with E-state index in [2.05, 4.69) is 6.07 Å². The molecule has 0 saturated heterocycles. The van der Waals surface area contributed by atoms with E-state index in [1.165, 1.54) is 11.8 Å². The fourth-order valence-electron chi connectivity index (χ4n) is 1.77. The smallest absolute Gasteiger partial charge is 0.307 e. The fourth-order valence-corrected chi connectivity index (χ4v) is 2.15. The summed E-state index contributed by atoms with van der Waals surface area (Å²) in [6.07, 6.45) is 3.60. The van der Waals surface area contributed by atoms with Gasteiger partial charge in [-0.05, 0) is 17.6 Å². The molecule has 76 valence electrons. The third kappa shape index (κ3) is 1.78. The molecule has 4 heteroatoms. The zero-order valence-corrected chi connectivity index (χ0v) is 9.26. The third-order valence-electron chi connectivity index (χ3n) is 2.84. The largest absolute Gasteiger partial charge is 0.481 e. The van der Waals surface area contributed by atoms with Crippen molar-refractivity contribution in [3.05, 3.63) is 11.0 Å². The molecule has 1 rings (SSSR count). The van der Waals surface area contributed by atoms with Crippen LogP contribution in [0.2, 0.25) is 0 Å². The van der Waals surface area contributed by atoms with Crippen LogP contribution in [0.5, 0.6) is 0 Å². The Labute approximate surface area is 87.8 Å². The normalized spacial score (nSPS) is 29.4. The summed E-state index contributed by atoms with van der Waals surface area (Å²) < 4.78 is 0. The minimum atomic E-state index is -0.769. The molecular weight excluding hydrogens is 198 g/mol. The van der Waals surface area contributed by atoms with E-state index in [1.54, 1.807) is 6.08 Å². The van der Waals surface area contributed by atoms with E-state index in [9.17, 15) is 4.79 Å². The van der Waals surface area contributed by atoms with E-state index in [1.807, 2.05) is 20.1 Å². The van der Waals surface area contributed by atoms with Crippen LogP contribution in [0.4, 0.5) is 0 Å². The molecule has 0 aromatic carbocycles. The molecule has 0 radical (unpaired) electrons. The molecule has 2 unspecified atom stereocenters. The van der Waals surface area contributed by atoms with Crippen molar-refractivity contribution in [2.75, 3.05) is 6.26 Å². The summed E-state index contributed by atoms with van der Waals surface area (Å²) in [7, 11) is 0. The molecule has 1 aliphatic rings. The van der Waals surface area contributed by atoms with Gasteiger partial charge in [0.25, 0.3) is 0 Å². The number of nitriles is 1. The molecule has 1 aliphatic carbocycles. The third-order valence-corrected chi connectivity index (χ3v) is 3.50. The predicted molar refractivity (Wildman–Crippen MR) is 55.6 cm³/mol. The molecular formula is C10H13NO2S. The molecule has 0 aromatic rings. The lowest BCUT2D eigenvalue weighted by Crippen LogP contribution is -2.03. The zero-order chi connectivity index (χ0) is 10.9. The average Bonchev–Trinajstić information content (AvgIpc) is 2.63. The van der Waals surface area contributed by atoms with Crippen molar-refractivity contribution in [1.29, 1.82) is 5.26 Å². The summed E-state index contributed by atoms with van der Waals surface area (Å²) in [5.41, 5.74) is -0.205. The summed E-state index contributed by atoms with van der Waals surface area (Å²) >= 11 is 1.36. The number of carboxylic acid groups (broad SMARTS) is 1. The second-order valence-electron chi connectivity index (χ2n) is 4.01. The molecule has 2 atom stereocenters. The van der Waals surface area contributed by atoms with Gasteiger partial charge < -0.3 is 5.11 Å². The lowest BCUT2D eigenvalue weighted by atomic mass is 10.1. The highest BCUT2D eigenvalue weighted by Crippen LogP contribution is 2.59. The van der Waals surface area contributed by atoms with Gasteiger partial charge in [-0.3, -0.25) is 4.79 Å². The Morgan fingerprint density at radius 2 is 2.21 bits per heavy atom. The van der Waals surface area contributed by atoms with Crippen LogP contribution in [0.25, 0.3) is 0 Å².